The molecule has 98 valence electrons. The Bertz CT molecular complexity index is 630. The molecule has 0 fully saturated rings. The lowest BCUT2D eigenvalue weighted by atomic mass is 10.0. The van der Waals surface area contributed by atoms with E-state index in [0.29, 0.717) is 16.2 Å². The molecule has 0 amide bonds. The zero-order valence-electron chi connectivity index (χ0n) is 10.6. The van der Waals surface area contributed by atoms with Gasteiger partial charge in [0.1, 0.15) is 11.3 Å². The number of H-pyrrole nitrogens is 1. The van der Waals surface area contributed by atoms with Crippen LogP contribution in [0.1, 0.15) is 33.2 Å². The van der Waals surface area contributed by atoms with Crippen LogP contribution in [0.25, 0.3) is 11.0 Å². The zero-order chi connectivity index (χ0) is 13.4. The SMILES string of the molecule is CCC(C)C(C)n1c(=S)[nH]c2c(F)cc(F)cc21. The van der Waals surface area contributed by atoms with E-state index in [1.165, 1.54) is 6.07 Å². The topological polar surface area (TPSA) is 20.7 Å². The molecule has 1 aromatic carbocycles. The van der Waals surface area contributed by atoms with Crippen LogP contribution in [0.3, 0.4) is 0 Å². The van der Waals surface area contributed by atoms with Crippen molar-refractivity contribution in [1.29, 1.82) is 0 Å². The first-order valence-electron chi connectivity index (χ1n) is 6.05. The Morgan fingerprint density at radius 2 is 2.00 bits per heavy atom. The number of aromatic amines is 1. The third-order valence-electron chi connectivity index (χ3n) is 3.62. The van der Waals surface area contributed by atoms with Crippen LogP contribution in [0.5, 0.6) is 0 Å². The predicted octanol–water partition coefficient (Wildman–Crippen LogP) is 4.58. The maximum Gasteiger partial charge on any atom is 0.178 e. The second-order valence-electron chi connectivity index (χ2n) is 4.71. The molecule has 0 radical (unpaired) electrons. The zero-order valence-corrected chi connectivity index (χ0v) is 11.4. The van der Waals surface area contributed by atoms with E-state index < -0.39 is 11.6 Å². The summed E-state index contributed by atoms with van der Waals surface area (Å²) in [6.07, 6.45) is 0.980. The smallest absolute Gasteiger partial charge is 0.178 e. The van der Waals surface area contributed by atoms with Crippen LogP contribution in [0.4, 0.5) is 8.78 Å². The monoisotopic (exact) mass is 270 g/mol. The van der Waals surface area contributed by atoms with Crippen LogP contribution in [0, 0.1) is 22.3 Å². The van der Waals surface area contributed by atoms with E-state index >= 15 is 0 Å². The van der Waals surface area contributed by atoms with Gasteiger partial charge < -0.3 is 9.55 Å². The number of nitrogens with zero attached hydrogens (tertiary/aromatic N) is 1. The molecule has 0 saturated heterocycles. The molecule has 2 rings (SSSR count). The number of fused-ring (bicyclic) bond motifs is 1. The molecule has 0 aliphatic carbocycles. The van der Waals surface area contributed by atoms with Crippen molar-refractivity contribution in [3.8, 4) is 0 Å². The number of benzene rings is 1. The molecule has 2 atom stereocenters. The second-order valence-corrected chi connectivity index (χ2v) is 5.09. The molecular formula is C13H16F2N2S. The summed E-state index contributed by atoms with van der Waals surface area (Å²) >= 11 is 5.22. The number of hydrogen-bond donors (Lipinski definition) is 1. The van der Waals surface area contributed by atoms with E-state index in [2.05, 4.69) is 18.8 Å². The van der Waals surface area contributed by atoms with Crippen LogP contribution in [0.2, 0.25) is 0 Å². The average Bonchev–Trinajstić information content (AvgIpc) is 2.64. The van der Waals surface area contributed by atoms with E-state index in [0.717, 1.165) is 12.5 Å². The van der Waals surface area contributed by atoms with Crippen LogP contribution in [-0.2, 0) is 0 Å². The molecule has 2 unspecified atom stereocenters. The van der Waals surface area contributed by atoms with Gasteiger partial charge in [0.25, 0.3) is 0 Å². The van der Waals surface area contributed by atoms with Gasteiger partial charge in [-0.2, -0.15) is 0 Å². The van der Waals surface area contributed by atoms with Crippen LogP contribution in [-0.4, -0.2) is 9.55 Å². The Kier molecular flexibility index (Phi) is 3.52. The Hall–Kier alpha value is -1.23. The molecule has 0 saturated carbocycles. The Morgan fingerprint density at radius 1 is 1.33 bits per heavy atom. The number of imidazole rings is 1. The van der Waals surface area contributed by atoms with Crippen LogP contribution >= 0.6 is 12.2 Å². The van der Waals surface area contributed by atoms with E-state index in [1.54, 1.807) is 4.57 Å². The molecule has 1 N–H and O–H groups in total. The van der Waals surface area contributed by atoms with Crippen molar-refractivity contribution in [3.05, 3.63) is 28.5 Å². The molecule has 0 bridgehead atoms. The van der Waals surface area contributed by atoms with Gasteiger partial charge in [-0.1, -0.05) is 20.3 Å². The van der Waals surface area contributed by atoms with Crippen molar-refractivity contribution in [2.75, 3.05) is 0 Å². The van der Waals surface area contributed by atoms with Gasteiger partial charge in [-0.05, 0) is 31.1 Å². The third kappa shape index (κ3) is 2.07. The highest BCUT2D eigenvalue weighted by atomic mass is 32.1. The van der Waals surface area contributed by atoms with E-state index in [4.69, 9.17) is 12.2 Å². The minimum atomic E-state index is -0.605. The Labute approximate surface area is 110 Å². The minimum absolute atomic E-state index is 0.0949. The fourth-order valence-electron chi connectivity index (χ4n) is 2.15. The van der Waals surface area contributed by atoms with Crippen molar-refractivity contribution in [2.45, 2.75) is 33.2 Å². The predicted molar refractivity (Wildman–Crippen MR) is 71.2 cm³/mol. The molecule has 0 aliphatic heterocycles. The molecule has 2 nitrogen and oxygen atoms in total. The normalized spacial score (nSPS) is 14.9. The maximum absolute atomic E-state index is 13.7. The quantitative estimate of drug-likeness (QED) is 0.809. The summed E-state index contributed by atoms with van der Waals surface area (Å²) in [4.78, 5) is 2.82. The number of aromatic nitrogens is 2. The van der Waals surface area contributed by atoms with Crippen LogP contribution < -0.4 is 0 Å². The van der Waals surface area contributed by atoms with Gasteiger partial charge in [0.05, 0.1) is 5.52 Å². The van der Waals surface area contributed by atoms with Crippen molar-refractivity contribution >= 4 is 23.3 Å². The van der Waals surface area contributed by atoms with Gasteiger partial charge in [-0.15, -0.1) is 0 Å². The first-order valence-corrected chi connectivity index (χ1v) is 6.45. The summed E-state index contributed by atoms with van der Waals surface area (Å²) in [5.74, 6) is -0.813. The van der Waals surface area contributed by atoms with E-state index in [1.807, 2.05) is 6.92 Å². The number of hydrogen-bond acceptors (Lipinski definition) is 1. The Balaban J connectivity index is 2.71. The summed E-state index contributed by atoms with van der Waals surface area (Å²) < 4.78 is 29.2. The first kappa shape index (κ1) is 13.2. The maximum atomic E-state index is 13.7. The fraction of sp³-hybridized carbons (Fsp3) is 0.462. The number of nitrogens with one attached hydrogen (secondary N) is 1. The lowest BCUT2D eigenvalue weighted by molar-refractivity contribution is 0.374. The van der Waals surface area contributed by atoms with Gasteiger partial charge in [0, 0.05) is 12.1 Å². The van der Waals surface area contributed by atoms with Crippen molar-refractivity contribution < 1.29 is 8.78 Å². The summed E-state index contributed by atoms with van der Waals surface area (Å²) in [6.45, 7) is 6.20. The van der Waals surface area contributed by atoms with Gasteiger partial charge in [-0.25, -0.2) is 8.78 Å². The number of rotatable bonds is 3. The first-order chi connectivity index (χ1) is 8.45. The standard InChI is InChI=1S/C13H16F2N2S/c1-4-7(2)8(3)17-11-6-9(14)5-10(15)12(11)16-13(17)18/h5-8H,4H2,1-3H3,(H,16,18). The van der Waals surface area contributed by atoms with Crippen LogP contribution in [0.15, 0.2) is 12.1 Å². The van der Waals surface area contributed by atoms with Gasteiger partial charge in [0.2, 0.25) is 0 Å². The largest absolute Gasteiger partial charge is 0.328 e. The molecule has 1 aromatic heterocycles. The second kappa shape index (κ2) is 4.80. The van der Waals surface area contributed by atoms with Gasteiger partial charge in [0.15, 0.2) is 10.6 Å². The number of halogens is 2. The molecule has 2 aromatic rings. The van der Waals surface area contributed by atoms with Gasteiger partial charge >= 0.3 is 0 Å². The molecular weight excluding hydrogens is 254 g/mol. The molecule has 1 heterocycles. The van der Waals surface area contributed by atoms with Gasteiger partial charge in [-0.3, -0.25) is 0 Å². The highest BCUT2D eigenvalue weighted by molar-refractivity contribution is 7.71. The highest BCUT2D eigenvalue weighted by Gasteiger charge is 2.18. The summed E-state index contributed by atoms with van der Waals surface area (Å²) in [6, 6.07) is 2.28. The average molecular weight is 270 g/mol. The van der Waals surface area contributed by atoms with E-state index in [-0.39, 0.29) is 11.6 Å². The molecule has 18 heavy (non-hydrogen) atoms. The fourth-order valence-corrected chi connectivity index (χ4v) is 2.52. The van der Waals surface area contributed by atoms with Crippen molar-refractivity contribution in [2.24, 2.45) is 5.92 Å². The minimum Gasteiger partial charge on any atom is -0.328 e. The molecule has 0 aliphatic rings. The molecule has 5 heteroatoms. The molecule has 0 spiro atoms. The lowest BCUT2D eigenvalue weighted by Crippen LogP contribution is -2.13. The summed E-state index contributed by atoms with van der Waals surface area (Å²) in [5.41, 5.74) is 0.766. The van der Waals surface area contributed by atoms with Crippen molar-refractivity contribution in [3.63, 3.8) is 0 Å². The van der Waals surface area contributed by atoms with Crippen molar-refractivity contribution in [1.82, 2.24) is 9.55 Å². The van der Waals surface area contributed by atoms with E-state index in [9.17, 15) is 8.78 Å². The summed E-state index contributed by atoms with van der Waals surface area (Å²) in [5, 5.41) is 0. The lowest BCUT2D eigenvalue weighted by Gasteiger charge is -2.20. The highest BCUT2D eigenvalue weighted by Crippen LogP contribution is 2.27. The Morgan fingerprint density at radius 3 is 2.61 bits per heavy atom. The summed E-state index contributed by atoms with van der Waals surface area (Å²) in [7, 11) is 0. The third-order valence-corrected chi connectivity index (χ3v) is 3.92.